The highest BCUT2D eigenvalue weighted by atomic mass is 16.3. The van der Waals surface area contributed by atoms with Crippen LogP contribution in [0.2, 0.25) is 0 Å². The number of amides is 4. The molecule has 3 heterocycles. The Labute approximate surface area is 187 Å². The molecule has 1 unspecified atom stereocenters. The molecule has 3 aromatic carbocycles. The van der Waals surface area contributed by atoms with Crippen molar-refractivity contribution in [2.75, 3.05) is 18.0 Å². The summed E-state index contributed by atoms with van der Waals surface area (Å²) in [5.41, 5.74) is 0.807. The van der Waals surface area contributed by atoms with Crippen LogP contribution in [-0.2, 0) is 0 Å². The highest BCUT2D eigenvalue weighted by Crippen LogP contribution is 2.40. The van der Waals surface area contributed by atoms with Gasteiger partial charge in [-0.15, -0.1) is 0 Å². The Balaban J connectivity index is 1.55. The number of phenolic OH excluding ortho intramolecular Hbond substituents is 1. The number of imide groups is 2. The Morgan fingerprint density at radius 1 is 0.727 bits per heavy atom. The van der Waals surface area contributed by atoms with Gasteiger partial charge in [-0.2, -0.15) is 0 Å². The van der Waals surface area contributed by atoms with Crippen LogP contribution in [0.25, 0.3) is 10.8 Å². The zero-order chi connectivity index (χ0) is 23.0. The molecule has 4 amide bonds. The molecule has 1 atom stereocenters. The minimum atomic E-state index is -0.650. The number of β-amino-alcohol motifs (C(OH)–C–C–N with tert-alkyl or cyclic N) is 1. The Bertz CT molecular complexity index is 1360. The van der Waals surface area contributed by atoms with Crippen molar-refractivity contribution in [3.05, 3.63) is 70.8 Å². The molecule has 9 nitrogen and oxygen atoms in total. The van der Waals surface area contributed by atoms with Crippen molar-refractivity contribution in [1.29, 1.82) is 0 Å². The smallest absolute Gasteiger partial charge is 0.276 e. The Morgan fingerprint density at radius 2 is 1.24 bits per heavy atom. The molecule has 0 saturated carbocycles. The maximum absolute atomic E-state index is 13.3. The standard InChI is InChI=1S/C24H17N3O6/c28-12-9-10-25(11-12)27-23(32)15-7-5-13-19-14(6-8-16(20(15)19)24(27)33)22(31)26(21(13)30)17-3-1-2-4-18(17)29/h1-8,12,28-29H,9-11H2. The summed E-state index contributed by atoms with van der Waals surface area (Å²) in [5, 5.41) is 23.2. The lowest BCUT2D eigenvalue weighted by molar-refractivity contribution is 0.00252. The zero-order valence-corrected chi connectivity index (χ0v) is 17.2. The highest BCUT2D eigenvalue weighted by molar-refractivity contribution is 6.39. The highest BCUT2D eigenvalue weighted by Gasteiger charge is 2.43. The van der Waals surface area contributed by atoms with Crippen molar-refractivity contribution in [2.45, 2.75) is 12.5 Å². The van der Waals surface area contributed by atoms with Crippen molar-refractivity contribution >= 4 is 40.1 Å². The first-order chi connectivity index (χ1) is 15.9. The van der Waals surface area contributed by atoms with E-state index < -0.39 is 29.7 Å². The maximum Gasteiger partial charge on any atom is 0.276 e. The quantitative estimate of drug-likeness (QED) is 0.581. The molecular formula is C24H17N3O6. The van der Waals surface area contributed by atoms with Gasteiger partial charge in [0.2, 0.25) is 0 Å². The molecule has 0 spiro atoms. The van der Waals surface area contributed by atoms with E-state index in [1.807, 2.05) is 0 Å². The number of para-hydroxylation sites is 2. The minimum absolute atomic E-state index is 0.0532. The monoisotopic (exact) mass is 443 g/mol. The van der Waals surface area contributed by atoms with E-state index in [2.05, 4.69) is 0 Å². The van der Waals surface area contributed by atoms with Crippen molar-refractivity contribution in [2.24, 2.45) is 0 Å². The van der Waals surface area contributed by atoms with Crippen molar-refractivity contribution in [3.8, 4) is 5.75 Å². The molecule has 164 valence electrons. The molecule has 0 aromatic heterocycles. The second-order valence-corrected chi connectivity index (χ2v) is 8.28. The lowest BCUT2D eigenvalue weighted by Crippen LogP contribution is -2.51. The third-order valence-corrected chi connectivity index (χ3v) is 6.42. The molecule has 0 aliphatic carbocycles. The topological polar surface area (TPSA) is 118 Å². The zero-order valence-electron chi connectivity index (χ0n) is 17.2. The Morgan fingerprint density at radius 3 is 1.73 bits per heavy atom. The van der Waals surface area contributed by atoms with Crippen molar-refractivity contribution in [3.63, 3.8) is 0 Å². The number of benzene rings is 3. The normalized spacial score (nSPS) is 20.3. The number of anilines is 1. The Kier molecular flexibility index (Phi) is 3.98. The second-order valence-electron chi connectivity index (χ2n) is 8.28. The van der Waals surface area contributed by atoms with Crippen molar-refractivity contribution < 1.29 is 29.4 Å². The largest absolute Gasteiger partial charge is 0.506 e. The van der Waals surface area contributed by atoms with Gasteiger partial charge in [-0.1, -0.05) is 12.1 Å². The fraction of sp³-hybridized carbons (Fsp3) is 0.167. The van der Waals surface area contributed by atoms with Gasteiger partial charge >= 0.3 is 0 Å². The molecule has 6 rings (SSSR count). The first kappa shape index (κ1) is 19.6. The van der Waals surface area contributed by atoms with Gasteiger partial charge in [0.15, 0.2) is 0 Å². The molecule has 0 radical (unpaired) electrons. The van der Waals surface area contributed by atoms with E-state index in [1.165, 1.54) is 41.4 Å². The lowest BCUT2D eigenvalue weighted by atomic mass is 9.86. The van der Waals surface area contributed by atoms with Gasteiger partial charge in [-0.3, -0.25) is 19.2 Å². The summed E-state index contributed by atoms with van der Waals surface area (Å²) < 4.78 is 0. The molecule has 1 fully saturated rings. The molecule has 9 heteroatoms. The first-order valence-electron chi connectivity index (χ1n) is 10.5. The van der Waals surface area contributed by atoms with Crippen molar-refractivity contribution in [1.82, 2.24) is 10.0 Å². The summed E-state index contributed by atoms with van der Waals surface area (Å²) in [6.45, 7) is 0.526. The summed E-state index contributed by atoms with van der Waals surface area (Å²) in [6.07, 6.45) is -0.180. The van der Waals surface area contributed by atoms with Crippen LogP contribution in [0, 0.1) is 0 Å². The molecule has 3 aliphatic heterocycles. The second kappa shape index (κ2) is 6.71. The van der Waals surface area contributed by atoms with E-state index in [4.69, 9.17) is 0 Å². The lowest BCUT2D eigenvalue weighted by Gasteiger charge is -2.35. The van der Waals surface area contributed by atoms with Crippen LogP contribution < -0.4 is 4.90 Å². The number of carbonyl (C=O) groups is 4. The van der Waals surface area contributed by atoms with Crippen LogP contribution in [-0.4, -0.2) is 63.1 Å². The number of phenols is 1. The molecule has 3 aliphatic rings. The third kappa shape index (κ3) is 2.54. The van der Waals surface area contributed by atoms with Crippen LogP contribution >= 0.6 is 0 Å². The summed E-state index contributed by atoms with van der Waals surface area (Å²) >= 11 is 0. The molecule has 33 heavy (non-hydrogen) atoms. The van der Waals surface area contributed by atoms with Crippen LogP contribution in [0.4, 0.5) is 5.69 Å². The van der Waals surface area contributed by atoms with E-state index in [-0.39, 0.29) is 51.0 Å². The maximum atomic E-state index is 13.3. The predicted molar refractivity (Wildman–Crippen MR) is 116 cm³/mol. The van der Waals surface area contributed by atoms with Gasteiger partial charge in [-0.25, -0.2) is 14.9 Å². The van der Waals surface area contributed by atoms with Gasteiger partial charge < -0.3 is 10.2 Å². The van der Waals surface area contributed by atoms with Gasteiger partial charge in [0.25, 0.3) is 23.6 Å². The summed E-state index contributed by atoms with van der Waals surface area (Å²) in [6, 6.07) is 11.9. The fourth-order valence-corrected chi connectivity index (χ4v) is 4.90. The number of hydrogen-bond acceptors (Lipinski definition) is 7. The average Bonchev–Trinajstić information content (AvgIpc) is 3.23. The number of aliphatic hydroxyl groups excluding tert-OH is 1. The predicted octanol–water partition coefficient (Wildman–Crippen LogP) is 1.92. The third-order valence-electron chi connectivity index (χ3n) is 6.42. The molecule has 0 bridgehead atoms. The molecule has 2 N–H and O–H groups in total. The summed E-state index contributed by atoms with van der Waals surface area (Å²) in [4.78, 5) is 54.2. The molecule has 1 saturated heterocycles. The van der Waals surface area contributed by atoms with E-state index in [9.17, 15) is 29.4 Å². The summed E-state index contributed by atoms with van der Waals surface area (Å²) in [5.74, 6) is -2.64. The van der Waals surface area contributed by atoms with Crippen LogP contribution in [0.15, 0.2) is 48.5 Å². The van der Waals surface area contributed by atoms with Gasteiger partial charge in [0.1, 0.15) is 5.75 Å². The van der Waals surface area contributed by atoms with E-state index in [0.717, 1.165) is 9.91 Å². The Hall–Kier alpha value is -4.08. The number of aromatic hydroxyl groups is 1. The van der Waals surface area contributed by atoms with Crippen LogP contribution in [0.5, 0.6) is 5.75 Å². The number of carbonyl (C=O) groups excluding carboxylic acids is 4. The van der Waals surface area contributed by atoms with Gasteiger partial charge in [0, 0.05) is 35.0 Å². The molecular weight excluding hydrogens is 426 g/mol. The fourth-order valence-electron chi connectivity index (χ4n) is 4.90. The number of rotatable bonds is 2. The summed E-state index contributed by atoms with van der Waals surface area (Å²) in [7, 11) is 0. The van der Waals surface area contributed by atoms with Gasteiger partial charge in [0.05, 0.1) is 22.9 Å². The minimum Gasteiger partial charge on any atom is -0.506 e. The van der Waals surface area contributed by atoms with E-state index >= 15 is 0 Å². The number of aliphatic hydroxyl groups is 1. The number of hydrazine groups is 1. The molecule has 3 aromatic rings. The number of nitrogens with zero attached hydrogens (tertiary/aromatic N) is 3. The first-order valence-corrected chi connectivity index (χ1v) is 10.5. The van der Waals surface area contributed by atoms with E-state index in [0.29, 0.717) is 13.0 Å². The van der Waals surface area contributed by atoms with E-state index in [1.54, 1.807) is 12.1 Å². The SMILES string of the molecule is O=C1c2ccc3c4c(ccc(c24)C(=O)N1c1ccccc1O)C(=O)N(N1CCC(O)C1)C3=O. The van der Waals surface area contributed by atoms with Crippen LogP contribution in [0.1, 0.15) is 47.9 Å². The number of hydrogen-bond donors (Lipinski definition) is 2. The van der Waals surface area contributed by atoms with Crippen LogP contribution in [0.3, 0.4) is 0 Å². The van der Waals surface area contributed by atoms with Gasteiger partial charge in [-0.05, 0) is 42.8 Å². The average molecular weight is 443 g/mol.